The van der Waals surface area contributed by atoms with Gasteiger partial charge in [-0.2, -0.15) is 0 Å². The number of hydrogen-bond acceptors (Lipinski definition) is 5. The van der Waals surface area contributed by atoms with E-state index in [2.05, 4.69) is 5.32 Å². The van der Waals surface area contributed by atoms with E-state index in [0.29, 0.717) is 59.8 Å². The fraction of sp³-hybridized carbons (Fsp3) is 0.316. The summed E-state index contributed by atoms with van der Waals surface area (Å²) in [5, 5.41) is 3.40. The number of hydrogen-bond donors (Lipinski definition) is 1. The lowest BCUT2D eigenvalue weighted by atomic mass is 10.1. The molecule has 1 N–H and O–H groups in total. The number of methoxy groups -OCH3 is 2. The summed E-state index contributed by atoms with van der Waals surface area (Å²) in [6.45, 7) is 1.45. The van der Waals surface area contributed by atoms with E-state index in [0.717, 1.165) is 5.56 Å². The molecule has 2 aromatic carbocycles. The predicted octanol–water partition coefficient (Wildman–Crippen LogP) is 3.10. The summed E-state index contributed by atoms with van der Waals surface area (Å²) in [5.41, 5.74) is 1.43. The Bertz CT molecular complexity index is 787. The van der Waals surface area contributed by atoms with Crippen molar-refractivity contribution < 1.29 is 23.7 Å². The zero-order valence-electron chi connectivity index (χ0n) is 14.6. The van der Waals surface area contributed by atoms with E-state index in [-0.39, 0.29) is 5.91 Å². The topological polar surface area (TPSA) is 66.0 Å². The minimum Gasteiger partial charge on any atom is -0.497 e. The van der Waals surface area contributed by atoms with Gasteiger partial charge in [0.2, 0.25) is 0 Å². The molecule has 1 aliphatic heterocycles. The average Bonchev–Trinajstić information content (AvgIpc) is 2.67. The molecule has 3 rings (SSSR count). The number of amides is 1. The Kier molecular flexibility index (Phi) is 5.73. The molecule has 7 heteroatoms. The highest BCUT2D eigenvalue weighted by Crippen LogP contribution is 2.38. The third kappa shape index (κ3) is 4.14. The summed E-state index contributed by atoms with van der Waals surface area (Å²) in [6, 6.07) is 8.77. The first kappa shape index (κ1) is 18.2. The first-order valence-corrected chi connectivity index (χ1v) is 8.58. The van der Waals surface area contributed by atoms with E-state index >= 15 is 0 Å². The SMILES string of the molecule is COc1cc(OC)cc(C(=O)NCCc2cc(Cl)c3c(c2)OCCO3)c1. The van der Waals surface area contributed by atoms with Crippen molar-refractivity contribution in [2.45, 2.75) is 6.42 Å². The van der Waals surface area contributed by atoms with E-state index < -0.39 is 0 Å². The van der Waals surface area contributed by atoms with Gasteiger partial charge in [0.05, 0.1) is 19.2 Å². The van der Waals surface area contributed by atoms with Gasteiger partial charge >= 0.3 is 0 Å². The molecule has 26 heavy (non-hydrogen) atoms. The molecule has 0 spiro atoms. The van der Waals surface area contributed by atoms with Crippen molar-refractivity contribution in [3.63, 3.8) is 0 Å². The summed E-state index contributed by atoms with van der Waals surface area (Å²) in [4.78, 5) is 12.4. The Labute approximate surface area is 157 Å². The van der Waals surface area contributed by atoms with Gasteiger partial charge < -0.3 is 24.3 Å². The first-order valence-electron chi connectivity index (χ1n) is 8.20. The van der Waals surface area contributed by atoms with Gasteiger partial charge in [0.15, 0.2) is 11.5 Å². The summed E-state index contributed by atoms with van der Waals surface area (Å²) >= 11 is 6.23. The smallest absolute Gasteiger partial charge is 0.251 e. The zero-order valence-corrected chi connectivity index (χ0v) is 15.4. The molecule has 2 aromatic rings. The highest BCUT2D eigenvalue weighted by Gasteiger charge is 2.17. The van der Waals surface area contributed by atoms with Crippen LogP contribution in [0.3, 0.4) is 0 Å². The van der Waals surface area contributed by atoms with E-state index in [1.54, 1.807) is 32.4 Å². The Hall–Kier alpha value is -2.60. The molecule has 0 bridgehead atoms. The summed E-state index contributed by atoms with van der Waals surface area (Å²) in [6.07, 6.45) is 0.614. The van der Waals surface area contributed by atoms with Gasteiger partial charge in [-0.25, -0.2) is 0 Å². The van der Waals surface area contributed by atoms with Crippen LogP contribution in [-0.2, 0) is 6.42 Å². The van der Waals surface area contributed by atoms with Crippen LogP contribution < -0.4 is 24.3 Å². The van der Waals surface area contributed by atoms with Crippen molar-refractivity contribution in [2.75, 3.05) is 34.0 Å². The second-order valence-electron chi connectivity index (χ2n) is 5.71. The molecule has 0 fully saturated rings. The molecule has 0 radical (unpaired) electrons. The fourth-order valence-corrected chi connectivity index (χ4v) is 2.96. The van der Waals surface area contributed by atoms with Crippen molar-refractivity contribution in [1.29, 1.82) is 0 Å². The largest absolute Gasteiger partial charge is 0.497 e. The molecule has 1 amide bonds. The maximum atomic E-state index is 12.4. The Morgan fingerprint density at radius 3 is 2.46 bits per heavy atom. The summed E-state index contributed by atoms with van der Waals surface area (Å²) in [5.74, 6) is 2.14. The summed E-state index contributed by atoms with van der Waals surface area (Å²) < 4.78 is 21.4. The number of rotatable bonds is 6. The van der Waals surface area contributed by atoms with Gasteiger partial charge in [0, 0.05) is 18.2 Å². The predicted molar refractivity (Wildman–Crippen MR) is 98.0 cm³/mol. The minimum absolute atomic E-state index is 0.203. The molecule has 1 aliphatic rings. The Balaban J connectivity index is 1.63. The number of fused-ring (bicyclic) bond motifs is 1. The van der Waals surface area contributed by atoms with Gasteiger partial charge in [-0.1, -0.05) is 11.6 Å². The van der Waals surface area contributed by atoms with Crippen LogP contribution in [0.5, 0.6) is 23.0 Å². The monoisotopic (exact) mass is 377 g/mol. The first-order chi connectivity index (χ1) is 12.6. The molecule has 0 aliphatic carbocycles. The lowest BCUT2D eigenvalue weighted by Gasteiger charge is -2.20. The van der Waals surface area contributed by atoms with Crippen LogP contribution in [0.1, 0.15) is 15.9 Å². The van der Waals surface area contributed by atoms with Crippen molar-refractivity contribution in [3.05, 3.63) is 46.5 Å². The lowest BCUT2D eigenvalue weighted by molar-refractivity contribution is 0.0953. The van der Waals surface area contributed by atoms with E-state index in [9.17, 15) is 4.79 Å². The van der Waals surface area contributed by atoms with E-state index in [4.69, 9.17) is 30.5 Å². The normalized spacial score (nSPS) is 12.4. The number of ether oxygens (including phenoxy) is 4. The molecule has 138 valence electrons. The molecular weight excluding hydrogens is 358 g/mol. The average molecular weight is 378 g/mol. The van der Waals surface area contributed by atoms with Crippen molar-refractivity contribution in [1.82, 2.24) is 5.32 Å². The number of nitrogens with one attached hydrogen (secondary N) is 1. The fourth-order valence-electron chi connectivity index (χ4n) is 2.67. The molecule has 6 nitrogen and oxygen atoms in total. The van der Waals surface area contributed by atoms with Crippen molar-refractivity contribution in [3.8, 4) is 23.0 Å². The van der Waals surface area contributed by atoms with Crippen LogP contribution in [0.4, 0.5) is 0 Å². The molecule has 1 heterocycles. The third-order valence-electron chi connectivity index (χ3n) is 3.97. The van der Waals surface area contributed by atoms with Gasteiger partial charge in [-0.3, -0.25) is 4.79 Å². The quantitative estimate of drug-likeness (QED) is 0.838. The summed E-state index contributed by atoms with van der Waals surface area (Å²) in [7, 11) is 3.09. The molecule has 0 aromatic heterocycles. The molecule has 0 unspecified atom stereocenters. The number of halogens is 1. The van der Waals surface area contributed by atoms with Gasteiger partial charge in [-0.15, -0.1) is 0 Å². The number of carbonyl (C=O) groups is 1. The second kappa shape index (κ2) is 8.19. The van der Waals surface area contributed by atoms with Gasteiger partial charge in [0.25, 0.3) is 5.91 Å². The maximum Gasteiger partial charge on any atom is 0.251 e. The molecule has 0 saturated carbocycles. The van der Waals surface area contributed by atoms with Crippen LogP contribution >= 0.6 is 11.6 Å². The van der Waals surface area contributed by atoms with Crippen molar-refractivity contribution in [2.24, 2.45) is 0 Å². The third-order valence-corrected chi connectivity index (χ3v) is 4.25. The molecule has 0 saturated heterocycles. The highest BCUT2D eigenvalue weighted by atomic mass is 35.5. The van der Waals surface area contributed by atoms with Crippen LogP contribution in [0.2, 0.25) is 5.02 Å². The van der Waals surface area contributed by atoms with Gasteiger partial charge in [0.1, 0.15) is 24.7 Å². The van der Waals surface area contributed by atoms with Gasteiger partial charge in [-0.05, 0) is 36.2 Å². The van der Waals surface area contributed by atoms with Crippen LogP contribution in [-0.4, -0.2) is 39.9 Å². The minimum atomic E-state index is -0.203. The number of carbonyl (C=O) groups excluding carboxylic acids is 1. The maximum absolute atomic E-state index is 12.4. The Morgan fingerprint density at radius 1 is 1.08 bits per heavy atom. The van der Waals surface area contributed by atoms with Crippen molar-refractivity contribution >= 4 is 17.5 Å². The molecular formula is C19H20ClNO5. The standard InChI is InChI=1S/C19H20ClNO5/c1-23-14-9-13(10-15(11-14)24-2)19(22)21-4-3-12-7-16(20)18-17(8-12)25-5-6-26-18/h7-11H,3-6H2,1-2H3,(H,21,22). The van der Waals surface area contributed by atoms with E-state index in [1.165, 1.54) is 0 Å². The lowest BCUT2D eigenvalue weighted by Crippen LogP contribution is -2.25. The second-order valence-corrected chi connectivity index (χ2v) is 6.12. The van der Waals surface area contributed by atoms with Crippen LogP contribution in [0.15, 0.2) is 30.3 Å². The molecule has 0 atom stereocenters. The van der Waals surface area contributed by atoms with Crippen LogP contribution in [0.25, 0.3) is 0 Å². The highest BCUT2D eigenvalue weighted by molar-refractivity contribution is 6.32. The van der Waals surface area contributed by atoms with Crippen LogP contribution in [0, 0.1) is 0 Å². The Morgan fingerprint density at radius 2 is 1.77 bits per heavy atom. The van der Waals surface area contributed by atoms with E-state index in [1.807, 2.05) is 12.1 Å². The number of benzene rings is 2. The zero-order chi connectivity index (χ0) is 18.5.